The average Bonchev–Trinajstić information content (AvgIpc) is 2.41. The minimum Gasteiger partial charge on any atom is -0.494 e. The summed E-state index contributed by atoms with van der Waals surface area (Å²) < 4.78 is 18.3. The van der Waals surface area contributed by atoms with Gasteiger partial charge in [-0.2, -0.15) is 0 Å². The van der Waals surface area contributed by atoms with Crippen molar-refractivity contribution in [3.8, 4) is 17.6 Å². The van der Waals surface area contributed by atoms with Gasteiger partial charge in [-0.25, -0.2) is 4.39 Å². The van der Waals surface area contributed by atoms with Crippen LogP contribution in [-0.4, -0.2) is 13.7 Å². The molecular formula is C18H24FNO. The maximum atomic E-state index is 13.3. The third-order valence-corrected chi connectivity index (χ3v) is 2.87. The number of benzene rings is 1. The van der Waals surface area contributed by atoms with Gasteiger partial charge in [0.15, 0.2) is 11.6 Å². The summed E-state index contributed by atoms with van der Waals surface area (Å²) in [6.45, 7) is 8.98. The van der Waals surface area contributed by atoms with Gasteiger partial charge in [-0.15, -0.1) is 0 Å². The first kappa shape index (κ1) is 17.3. The number of rotatable bonds is 5. The lowest BCUT2D eigenvalue weighted by Gasteiger charge is -2.14. The lowest BCUT2D eigenvalue weighted by Crippen LogP contribution is -2.18. The van der Waals surface area contributed by atoms with Gasteiger partial charge in [0.25, 0.3) is 0 Å². The van der Waals surface area contributed by atoms with Crippen molar-refractivity contribution in [2.75, 3.05) is 13.7 Å². The number of hydrogen-bond acceptors (Lipinski definition) is 2. The van der Waals surface area contributed by atoms with Gasteiger partial charge in [0, 0.05) is 18.0 Å². The van der Waals surface area contributed by atoms with Crippen molar-refractivity contribution in [1.29, 1.82) is 0 Å². The van der Waals surface area contributed by atoms with Crippen LogP contribution in [0.4, 0.5) is 4.39 Å². The Morgan fingerprint density at radius 3 is 2.71 bits per heavy atom. The number of ether oxygens (including phenoxy) is 1. The third kappa shape index (κ3) is 6.46. The van der Waals surface area contributed by atoms with Crippen LogP contribution >= 0.6 is 0 Å². The lowest BCUT2D eigenvalue weighted by atomic mass is 9.98. The second kappa shape index (κ2) is 7.85. The number of allylic oxidation sites excluding steroid dienone is 1. The molecule has 21 heavy (non-hydrogen) atoms. The lowest BCUT2D eigenvalue weighted by molar-refractivity contribution is 0.385. The van der Waals surface area contributed by atoms with Crippen LogP contribution < -0.4 is 10.1 Å². The molecule has 0 aromatic heterocycles. The molecule has 0 saturated carbocycles. The molecular weight excluding hydrogens is 265 g/mol. The fraction of sp³-hybridized carbons (Fsp3) is 0.444. The van der Waals surface area contributed by atoms with Gasteiger partial charge in [-0.3, -0.25) is 0 Å². The zero-order chi connectivity index (χ0) is 15.9. The predicted molar refractivity (Wildman–Crippen MR) is 85.7 cm³/mol. The molecule has 0 saturated heterocycles. The first-order chi connectivity index (χ1) is 9.83. The largest absolute Gasteiger partial charge is 0.494 e. The van der Waals surface area contributed by atoms with Crippen molar-refractivity contribution in [3.63, 3.8) is 0 Å². The molecule has 1 atom stereocenters. The molecule has 0 bridgehead atoms. The molecule has 1 aromatic carbocycles. The number of halogens is 1. The summed E-state index contributed by atoms with van der Waals surface area (Å²) in [6.07, 6.45) is 3.84. The summed E-state index contributed by atoms with van der Waals surface area (Å²) in [7, 11) is 1.47. The van der Waals surface area contributed by atoms with E-state index in [0.717, 1.165) is 5.56 Å². The van der Waals surface area contributed by atoms with Gasteiger partial charge in [-0.05, 0) is 51.5 Å². The Kier molecular flexibility index (Phi) is 6.45. The number of hydrogen-bond donors (Lipinski definition) is 1. The molecule has 1 N–H and O–H groups in total. The molecule has 0 aliphatic rings. The van der Waals surface area contributed by atoms with E-state index in [1.165, 1.54) is 13.2 Å². The van der Waals surface area contributed by atoms with Crippen LogP contribution in [0.3, 0.4) is 0 Å². The van der Waals surface area contributed by atoms with Crippen LogP contribution in [0.25, 0.3) is 0 Å². The van der Waals surface area contributed by atoms with E-state index in [-0.39, 0.29) is 23.0 Å². The van der Waals surface area contributed by atoms with Crippen molar-refractivity contribution < 1.29 is 9.13 Å². The van der Waals surface area contributed by atoms with E-state index in [1.54, 1.807) is 12.1 Å². The van der Waals surface area contributed by atoms with Crippen molar-refractivity contribution in [3.05, 3.63) is 41.7 Å². The molecule has 2 nitrogen and oxygen atoms in total. The molecule has 0 radical (unpaired) electrons. The molecule has 0 spiro atoms. The zero-order valence-corrected chi connectivity index (χ0v) is 13.5. The smallest absolute Gasteiger partial charge is 0.165 e. The normalized spacial score (nSPS) is 12.9. The van der Waals surface area contributed by atoms with E-state index in [4.69, 9.17) is 4.74 Å². The Labute approximate surface area is 127 Å². The van der Waals surface area contributed by atoms with E-state index in [9.17, 15) is 4.39 Å². The second-order valence-electron chi connectivity index (χ2n) is 5.95. The summed E-state index contributed by atoms with van der Waals surface area (Å²) in [5, 5.41) is 3.33. The van der Waals surface area contributed by atoms with Crippen molar-refractivity contribution in [1.82, 2.24) is 5.32 Å². The molecule has 0 fully saturated rings. The van der Waals surface area contributed by atoms with E-state index in [2.05, 4.69) is 37.9 Å². The van der Waals surface area contributed by atoms with Crippen LogP contribution in [-0.2, 0) is 0 Å². The van der Waals surface area contributed by atoms with Crippen LogP contribution in [0.2, 0.25) is 0 Å². The van der Waals surface area contributed by atoms with Crippen molar-refractivity contribution >= 4 is 0 Å². The molecule has 1 rings (SSSR count). The fourth-order valence-electron chi connectivity index (χ4n) is 1.68. The standard InChI is InChI=1S/C18H24FNO/c1-14(15-9-10-16(19)17(13-15)21-5)20-12-8-6-7-11-18(2,3)4/h6,8-10,13-14,20H,12H2,1-5H3/b8-6-/t14-/m1/s1. The Morgan fingerprint density at radius 2 is 2.10 bits per heavy atom. The highest BCUT2D eigenvalue weighted by Crippen LogP contribution is 2.22. The highest BCUT2D eigenvalue weighted by molar-refractivity contribution is 5.32. The van der Waals surface area contributed by atoms with Crippen LogP contribution in [0, 0.1) is 23.1 Å². The Morgan fingerprint density at radius 1 is 1.38 bits per heavy atom. The highest BCUT2D eigenvalue weighted by Gasteiger charge is 2.08. The second-order valence-corrected chi connectivity index (χ2v) is 5.95. The SMILES string of the molecule is COc1cc([C@@H](C)NC/C=C\C#CC(C)(C)C)ccc1F. The molecule has 0 unspecified atom stereocenters. The van der Waals surface area contributed by atoms with E-state index < -0.39 is 0 Å². The van der Waals surface area contributed by atoms with Crippen LogP contribution in [0.5, 0.6) is 5.75 Å². The van der Waals surface area contributed by atoms with Gasteiger partial charge < -0.3 is 10.1 Å². The average molecular weight is 289 g/mol. The molecule has 3 heteroatoms. The molecule has 0 amide bonds. The molecule has 0 aliphatic carbocycles. The van der Waals surface area contributed by atoms with Crippen molar-refractivity contribution in [2.45, 2.75) is 33.7 Å². The van der Waals surface area contributed by atoms with E-state index in [1.807, 2.05) is 19.1 Å². The summed E-state index contributed by atoms with van der Waals surface area (Å²) in [5.41, 5.74) is 1.01. The maximum absolute atomic E-state index is 13.3. The van der Waals surface area contributed by atoms with Gasteiger partial charge in [0.2, 0.25) is 0 Å². The Hall–Kier alpha value is -1.79. The zero-order valence-electron chi connectivity index (χ0n) is 13.5. The summed E-state index contributed by atoms with van der Waals surface area (Å²) in [6, 6.07) is 5.02. The molecule has 114 valence electrons. The molecule has 1 aromatic rings. The van der Waals surface area contributed by atoms with Gasteiger partial charge in [0.05, 0.1) is 7.11 Å². The monoisotopic (exact) mass is 289 g/mol. The van der Waals surface area contributed by atoms with Gasteiger partial charge >= 0.3 is 0 Å². The minimum absolute atomic E-state index is 0.0235. The summed E-state index contributed by atoms with van der Waals surface area (Å²) in [4.78, 5) is 0. The quantitative estimate of drug-likeness (QED) is 0.824. The van der Waals surface area contributed by atoms with Gasteiger partial charge in [-0.1, -0.05) is 24.0 Å². The van der Waals surface area contributed by atoms with Crippen LogP contribution in [0.1, 0.15) is 39.3 Å². The first-order valence-electron chi connectivity index (χ1n) is 7.08. The number of methoxy groups -OCH3 is 1. The topological polar surface area (TPSA) is 21.3 Å². The first-order valence-corrected chi connectivity index (χ1v) is 7.08. The van der Waals surface area contributed by atoms with E-state index in [0.29, 0.717) is 6.54 Å². The highest BCUT2D eigenvalue weighted by atomic mass is 19.1. The summed E-state index contributed by atoms with van der Waals surface area (Å²) in [5.74, 6) is 6.09. The summed E-state index contributed by atoms with van der Waals surface area (Å²) >= 11 is 0. The Balaban J connectivity index is 2.52. The Bertz CT molecular complexity index is 547. The molecule has 0 aliphatic heterocycles. The fourth-order valence-corrected chi connectivity index (χ4v) is 1.68. The van der Waals surface area contributed by atoms with Crippen LogP contribution in [0.15, 0.2) is 30.4 Å². The molecule has 0 heterocycles. The minimum atomic E-state index is -0.342. The van der Waals surface area contributed by atoms with E-state index >= 15 is 0 Å². The predicted octanol–water partition coefficient (Wildman–Crippen LogP) is 4.09. The third-order valence-electron chi connectivity index (χ3n) is 2.87. The maximum Gasteiger partial charge on any atom is 0.165 e. The number of nitrogens with one attached hydrogen (secondary N) is 1. The van der Waals surface area contributed by atoms with Gasteiger partial charge in [0.1, 0.15) is 0 Å². The van der Waals surface area contributed by atoms with Crippen molar-refractivity contribution in [2.24, 2.45) is 5.41 Å².